The van der Waals surface area contributed by atoms with Crippen LogP contribution in [0.4, 0.5) is 0 Å². The highest BCUT2D eigenvalue weighted by Gasteiger charge is 2.31. The van der Waals surface area contributed by atoms with Gasteiger partial charge in [0.2, 0.25) is 0 Å². The zero-order valence-electron chi connectivity index (χ0n) is 12.4. The molecular weight excluding hydrogens is 393 g/mol. The lowest BCUT2D eigenvalue weighted by molar-refractivity contribution is 0.0697. The fraction of sp³-hybridized carbons (Fsp3) is 0.286. The van der Waals surface area contributed by atoms with E-state index in [0.29, 0.717) is 28.1 Å². The Labute approximate surface area is 153 Å². The van der Waals surface area contributed by atoms with Crippen LogP contribution in [-0.4, -0.2) is 54.7 Å². The average Bonchev–Trinajstić information content (AvgIpc) is 3.02. The largest absolute Gasteiger partial charge is 0.336 e. The van der Waals surface area contributed by atoms with Crippen molar-refractivity contribution in [3.8, 4) is 0 Å². The van der Waals surface area contributed by atoms with Gasteiger partial charge in [0.05, 0.1) is 9.90 Å². The van der Waals surface area contributed by atoms with Gasteiger partial charge in [0, 0.05) is 32.4 Å². The molecule has 0 saturated carbocycles. The summed E-state index contributed by atoms with van der Waals surface area (Å²) < 4.78 is 27.1. The van der Waals surface area contributed by atoms with Crippen molar-refractivity contribution in [3.63, 3.8) is 0 Å². The maximum absolute atomic E-state index is 12.5. The second kappa shape index (κ2) is 6.97. The summed E-state index contributed by atoms with van der Waals surface area (Å²) in [7, 11) is -3.56. The number of carbonyl (C=O) groups excluding carboxylic acids is 1. The second-order valence-electron chi connectivity index (χ2n) is 5.12. The van der Waals surface area contributed by atoms with Gasteiger partial charge in [0.15, 0.2) is 0 Å². The highest BCUT2D eigenvalue weighted by Crippen LogP contribution is 2.28. The van der Waals surface area contributed by atoms with Crippen molar-refractivity contribution in [1.29, 1.82) is 0 Å². The number of halogens is 2. The Morgan fingerprint density at radius 1 is 1.08 bits per heavy atom. The van der Waals surface area contributed by atoms with Gasteiger partial charge in [-0.1, -0.05) is 23.2 Å². The first-order valence-corrected chi connectivity index (χ1v) is 10.1. The van der Waals surface area contributed by atoms with E-state index in [0.717, 1.165) is 11.3 Å². The zero-order chi connectivity index (χ0) is 17.3. The SMILES string of the molecule is O=C(c1ccc(Cl)nc1)N1CCN(S(=O)(=O)c2ccc(Cl)s2)CC1. The van der Waals surface area contributed by atoms with Crippen molar-refractivity contribution in [2.45, 2.75) is 4.21 Å². The van der Waals surface area contributed by atoms with Crippen LogP contribution in [0, 0.1) is 0 Å². The lowest BCUT2D eigenvalue weighted by Gasteiger charge is -2.33. The Bertz CT molecular complexity index is 844. The van der Waals surface area contributed by atoms with E-state index in [1.54, 1.807) is 23.1 Å². The molecule has 1 saturated heterocycles. The summed E-state index contributed by atoms with van der Waals surface area (Å²) in [5, 5.41) is 0.317. The number of rotatable bonds is 3. The van der Waals surface area contributed by atoms with E-state index in [2.05, 4.69) is 4.98 Å². The van der Waals surface area contributed by atoms with Crippen molar-refractivity contribution in [1.82, 2.24) is 14.2 Å². The van der Waals surface area contributed by atoms with Crippen LogP contribution in [-0.2, 0) is 10.0 Å². The first-order valence-electron chi connectivity index (χ1n) is 7.04. The van der Waals surface area contributed by atoms with E-state index < -0.39 is 10.0 Å². The van der Waals surface area contributed by atoms with Crippen LogP contribution in [0.2, 0.25) is 9.49 Å². The monoisotopic (exact) mass is 405 g/mol. The molecule has 128 valence electrons. The van der Waals surface area contributed by atoms with Crippen LogP contribution in [0.1, 0.15) is 10.4 Å². The topological polar surface area (TPSA) is 70.6 Å². The van der Waals surface area contributed by atoms with Crippen LogP contribution in [0.5, 0.6) is 0 Å². The van der Waals surface area contributed by atoms with Gasteiger partial charge in [-0.25, -0.2) is 13.4 Å². The zero-order valence-corrected chi connectivity index (χ0v) is 15.5. The van der Waals surface area contributed by atoms with Gasteiger partial charge in [-0.2, -0.15) is 4.31 Å². The molecule has 2 aromatic rings. The summed E-state index contributed by atoms with van der Waals surface area (Å²) in [5.41, 5.74) is 0.431. The average molecular weight is 406 g/mol. The fourth-order valence-electron chi connectivity index (χ4n) is 2.38. The number of aromatic nitrogens is 1. The summed E-state index contributed by atoms with van der Waals surface area (Å²) in [5.74, 6) is -0.185. The molecule has 1 aliphatic rings. The molecule has 1 fully saturated rings. The predicted octanol–water partition coefficient (Wildman–Crippen LogP) is 2.60. The normalized spacial score (nSPS) is 16.3. The van der Waals surface area contributed by atoms with E-state index in [1.807, 2.05) is 0 Å². The van der Waals surface area contributed by atoms with Crippen molar-refractivity contribution < 1.29 is 13.2 Å². The molecule has 10 heteroatoms. The van der Waals surface area contributed by atoms with Crippen LogP contribution in [0.25, 0.3) is 0 Å². The third kappa shape index (κ3) is 3.57. The van der Waals surface area contributed by atoms with Gasteiger partial charge >= 0.3 is 0 Å². The number of piperazine rings is 1. The minimum atomic E-state index is -3.56. The van der Waals surface area contributed by atoms with E-state index in [4.69, 9.17) is 23.2 Å². The van der Waals surface area contributed by atoms with Crippen LogP contribution < -0.4 is 0 Å². The molecule has 0 spiro atoms. The number of sulfonamides is 1. The molecule has 6 nitrogen and oxygen atoms in total. The summed E-state index contributed by atoms with van der Waals surface area (Å²) in [6, 6.07) is 6.22. The van der Waals surface area contributed by atoms with Gasteiger partial charge in [-0.05, 0) is 24.3 Å². The lowest BCUT2D eigenvalue weighted by Crippen LogP contribution is -2.50. The van der Waals surface area contributed by atoms with Crippen molar-refractivity contribution >= 4 is 50.5 Å². The Hall–Kier alpha value is -1.19. The molecule has 0 aromatic carbocycles. The molecule has 0 unspecified atom stereocenters. The smallest absolute Gasteiger partial charge is 0.255 e. The number of pyridine rings is 1. The van der Waals surface area contributed by atoms with Gasteiger partial charge in [0.1, 0.15) is 9.36 Å². The van der Waals surface area contributed by atoms with E-state index in [-0.39, 0.29) is 23.2 Å². The Morgan fingerprint density at radius 3 is 2.33 bits per heavy atom. The van der Waals surface area contributed by atoms with E-state index in [9.17, 15) is 13.2 Å². The number of hydrogen-bond donors (Lipinski definition) is 0. The maximum atomic E-state index is 12.5. The molecular formula is C14H13Cl2N3O3S2. The molecule has 1 aliphatic heterocycles. The van der Waals surface area contributed by atoms with Gasteiger partial charge in [-0.15, -0.1) is 11.3 Å². The summed E-state index contributed by atoms with van der Waals surface area (Å²) in [6.45, 7) is 1.12. The van der Waals surface area contributed by atoms with E-state index >= 15 is 0 Å². The minimum Gasteiger partial charge on any atom is -0.336 e. The highest BCUT2D eigenvalue weighted by molar-refractivity contribution is 7.91. The van der Waals surface area contributed by atoms with Crippen LogP contribution in [0.15, 0.2) is 34.7 Å². The quantitative estimate of drug-likeness (QED) is 0.735. The molecule has 0 bridgehead atoms. The van der Waals surface area contributed by atoms with Crippen molar-refractivity contribution in [2.24, 2.45) is 0 Å². The summed E-state index contributed by atoms with van der Waals surface area (Å²) >= 11 is 12.6. The third-order valence-corrected chi connectivity index (χ3v) is 7.46. The Kier molecular flexibility index (Phi) is 5.12. The van der Waals surface area contributed by atoms with Crippen molar-refractivity contribution in [2.75, 3.05) is 26.2 Å². The highest BCUT2D eigenvalue weighted by atomic mass is 35.5. The first-order chi connectivity index (χ1) is 11.4. The number of nitrogens with zero attached hydrogens (tertiary/aromatic N) is 3. The summed E-state index contributed by atoms with van der Waals surface area (Å²) in [4.78, 5) is 17.9. The van der Waals surface area contributed by atoms with Crippen molar-refractivity contribution in [3.05, 3.63) is 45.5 Å². The van der Waals surface area contributed by atoms with Crippen LogP contribution >= 0.6 is 34.5 Å². The predicted molar refractivity (Wildman–Crippen MR) is 93.2 cm³/mol. The van der Waals surface area contributed by atoms with E-state index in [1.165, 1.54) is 16.6 Å². The third-order valence-electron chi connectivity index (χ3n) is 3.64. The lowest BCUT2D eigenvalue weighted by atomic mass is 10.2. The first kappa shape index (κ1) is 17.6. The fourth-order valence-corrected chi connectivity index (χ4v) is 5.55. The Morgan fingerprint density at radius 2 is 1.79 bits per heavy atom. The second-order valence-corrected chi connectivity index (χ2v) is 9.39. The molecule has 0 N–H and O–H groups in total. The van der Waals surface area contributed by atoms with Gasteiger partial charge < -0.3 is 4.90 Å². The molecule has 2 aromatic heterocycles. The minimum absolute atomic E-state index is 0.185. The molecule has 1 amide bonds. The number of hydrogen-bond acceptors (Lipinski definition) is 5. The molecule has 0 radical (unpaired) electrons. The molecule has 3 heterocycles. The maximum Gasteiger partial charge on any atom is 0.255 e. The molecule has 0 atom stereocenters. The number of amides is 1. The van der Waals surface area contributed by atoms with Crippen LogP contribution in [0.3, 0.4) is 0 Å². The van der Waals surface area contributed by atoms with Gasteiger partial charge in [0.25, 0.3) is 15.9 Å². The van der Waals surface area contributed by atoms with Gasteiger partial charge in [-0.3, -0.25) is 4.79 Å². The molecule has 0 aliphatic carbocycles. The molecule has 3 rings (SSSR count). The molecule has 24 heavy (non-hydrogen) atoms. The Balaban J connectivity index is 1.67. The standard InChI is InChI=1S/C14H13Cl2N3O3S2/c15-11-2-1-10(9-17-11)14(20)18-5-7-19(8-6-18)24(21,22)13-4-3-12(16)23-13/h1-4,9H,5-8H2. The summed E-state index contributed by atoms with van der Waals surface area (Å²) in [6.07, 6.45) is 1.42. The number of thiophene rings is 1. The number of carbonyl (C=O) groups is 1.